The van der Waals surface area contributed by atoms with Gasteiger partial charge in [0.2, 0.25) is 0 Å². The molecular weight excluding hydrogens is 180 g/mol. The molecule has 2 aliphatic carbocycles. The smallest absolute Gasteiger partial charge is 0.192 e. The first-order valence-electron chi connectivity index (χ1n) is 5.33. The number of hydrogen-bond donors (Lipinski definition) is 0. The van der Waals surface area contributed by atoms with E-state index in [1.165, 1.54) is 6.42 Å². The molecule has 0 bridgehead atoms. The van der Waals surface area contributed by atoms with Crippen LogP contribution in [0, 0.1) is 0 Å². The Morgan fingerprint density at radius 1 is 1.29 bits per heavy atom. The lowest BCUT2D eigenvalue weighted by Gasteiger charge is -2.29. The molecular formula is C11H12O3. The van der Waals surface area contributed by atoms with Crippen molar-refractivity contribution >= 4 is 5.78 Å². The van der Waals surface area contributed by atoms with Crippen LogP contribution in [-0.4, -0.2) is 29.2 Å². The summed E-state index contributed by atoms with van der Waals surface area (Å²) in [5, 5.41) is 0. The van der Waals surface area contributed by atoms with E-state index < -0.39 is 5.60 Å². The van der Waals surface area contributed by atoms with Crippen molar-refractivity contribution in [2.45, 2.75) is 42.5 Å². The Balaban J connectivity index is 1.90. The normalized spacial score (nSPS) is 58.1. The highest BCUT2D eigenvalue weighted by molar-refractivity contribution is 6.03. The zero-order valence-electron chi connectivity index (χ0n) is 7.91. The van der Waals surface area contributed by atoms with Gasteiger partial charge in [0.05, 0.1) is 6.61 Å². The van der Waals surface area contributed by atoms with E-state index in [4.69, 9.17) is 9.47 Å². The summed E-state index contributed by atoms with van der Waals surface area (Å²) < 4.78 is 11.4. The van der Waals surface area contributed by atoms with Gasteiger partial charge < -0.3 is 9.47 Å². The molecule has 3 fully saturated rings. The van der Waals surface area contributed by atoms with Crippen molar-refractivity contribution in [3.05, 3.63) is 12.2 Å². The van der Waals surface area contributed by atoms with Crippen molar-refractivity contribution in [3.8, 4) is 0 Å². The van der Waals surface area contributed by atoms with Crippen LogP contribution in [0.3, 0.4) is 0 Å². The summed E-state index contributed by atoms with van der Waals surface area (Å²) in [6, 6.07) is 0. The molecule has 0 aromatic carbocycles. The zero-order valence-corrected chi connectivity index (χ0v) is 7.91. The summed E-state index contributed by atoms with van der Waals surface area (Å²) in [6.07, 6.45) is 8.06. The number of hydrogen-bond acceptors (Lipinski definition) is 3. The van der Waals surface area contributed by atoms with Crippen molar-refractivity contribution in [2.75, 3.05) is 6.61 Å². The summed E-state index contributed by atoms with van der Waals surface area (Å²) in [7, 11) is 0. The minimum atomic E-state index is -0.567. The molecule has 0 aromatic rings. The van der Waals surface area contributed by atoms with E-state index in [-0.39, 0.29) is 17.0 Å². The van der Waals surface area contributed by atoms with Crippen LogP contribution in [0.1, 0.15) is 25.7 Å². The molecule has 4 aliphatic rings. The van der Waals surface area contributed by atoms with E-state index in [0.29, 0.717) is 6.61 Å². The molecule has 1 saturated carbocycles. The fourth-order valence-electron chi connectivity index (χ4n) is 3.43. The van der Waals surface area contributed by atoms with Gasteiger partial charge in [-0.25, -0.2) is 0 Å². The Morgan fingerprint density at radius 3 is 2.86 bits per heavy atom. The third-order valence-electron chi connectivity index (χ3n) is 4.31. The van der Waals surface area contributed by atoms with Gasteiger partial charge in [0.25, 0.3) is 0 Å². The fourth-order valence-corrected chi connectivity index (χ4v) is 3.43. The molecule has 0 N–H and O–H groups in total. The minimum Gasteiger partial charge on any atom is -0.358 e. The highest BCUT2D eigenvalue weighted by atomic mass is 16.7. The van der Waals surface area contributed by atoms with Crippen LogP contribution in [0.25, 0.3) is 0 Å². The fraction of sp³-hybridized carbons (Fsp3) is 0.727. The number of carbonyl (C=O) groups is 1. The predicted molar refractivity (Wildman–Crippen MR) is 47.8 cm³/mol. The Bertz CT molecular complexity index is 369. The van der Waals surface area contributed by atoms with Crippen molar-refractivity contribution in [1.82, 2.24) is 0 Å². The monoisotopic (exact) mass is 192 g/mol. The second kappa shape index (κ2) is 1.84. The van der Waals surface area contributed by atoms with Crippen molar-refractivity contribution in [3.63, 3.8) is 0 Å². The topological polar surface area (TPSA) is 42.1 Å². The van der Waals surface area contributed by atoms with Crippen LogP contribution in [0.4, 0.5) is 0 Å². The van der Waals surface area contributed by atoms with E-state index in [2.05, 4.69) is 0 Å². The van der Waals surface area contributed by atoms with Crippen LogP contribution in [-0.2, 0) is 14.3 Å². The largest absolute Gasteiger partial charge is 0.358 e. The minimum absolute atomic E-state index is 0.118. The SMILES string of the molecule is O=C1C=CC23CCCCC2(O3)C12CO2. The summed E-state index contributed by atoms with van der Waals surface area (Å²) in [6.45, 7) is 0.567. The van der Waals surface area contributed by atoms with Crippen LogP contribution >= 0.6 is 0 Å². The lowest BCUT2D eigenvalue weighted by molar-refractivity contribution is -0.122. The zero-order chi connectivity index (χ0) is 9.44. The molecule has 74 valence electrons. The van der Waals surface area contributed by atoms with E-state index in [9.17, 15) is 4.79 Å². The third-order valence-corrected chi connectivity index (χ3v) is 4.31. The highest BCUT2D eigenvalue weighted by Crippen LogP contribution is 2.69. The molecule has 4 rings (SSSR count). The molecule has 0 aromatic heterocycles. The summed E-state index contributed by atoms with van der Waals surface area (Å²) >= 11 is 0. The molecule has 3 atom stereocenters. The second-order valence-corrected chi connectivity index (χ2v) is 4.84. The standard InChI is InChI=1S/C11H12O3/c12-8-3-6-9-4-1-2-5-11(9,14-9)10(8)7-13-10/h3,6H,1-2,4-5,7H2. The van der Waals surface area contributed by atoms with E-state index in [1.54, 1.807) is 6.08 Å². The van der Waals surface area contributed by atoms with Gasteiger partial charge in [-0.3, -0.25) is 4.79 Å². The lowest BCUT2D eigenvalue weighted by atomic mass is 9.68. The maximum absolute atomic E-state index is 11.8. The van der Waals surface area contributed by atoms with Gasteiger partial charge in [0.15, 0.2) is 11.4 Å². The van der Waals surface area contributed by atoms with Crippen LogP contribution in [0.5, 0.6) is 0 Å². The Hall–Kier alpha value is -0.670. The number of rotatable bonds is 0. The Kier molecular flexibility index (Phi) is 0.999. The molecule has 14 heavy (non-hydrogen) atoms. The van der Waals surface area contributed by atoms with Gasteiger partial charge >= 0.3 is 0 Å². The Labute approximate surface area is 82.1 Å². The molecule has 2 heterocycles. The molecule has 2 aliphatic heterocycles. The van der Waals surface area contributed by atoms with Gasteiger partial charge in [-0.2, -0.15) is 0 Å². The van der Waals surface area contributed by atoms with Crippen LogP contribution in [0.2, 0.25) is 0 Å². The number of ether oxygens (including phenoxy) is 2. The van der Waals surface area contributed by atoms with Crippen LogP contribution in [0.15, 0.2) is 12.2 Å². The maximum Gasteiger partial charge on any atom is 0.192 e. The number of epoxide rings is 2. The van der Waals surface area contributed by atoms with Crippen molar-refractivity contribution in [1.29, 1.82) is 0 Å². The molecule has 3 unspecified atom stereocenters. The summed E-state index contributed by atoms with van der Waals surface area (Å²) in [5.74, 6) is 0.118. The third kappa shape index (κ3) is 0.540. The number of ketones is 1. The van der Waals surface area contributed by atoms with Gasteiger partial charge in [0, 0.05) is 0 Å². The lowest BCUT2D eigenvalue weighted by Crippen LogP contribution is -2.49. The van der Waals surface area contributed by atoms with Gasteiger partial charge in [-0.1, -0.05) is 12.8 Å². The molecule has 3 nitrogen and oxygen atoms in total. The van der Waals surface area contributed by atoms with Crippen LogP contribution < -0.4 is 0 Å². The second-order valence-electron chi connectivity index (χ2n) is 4.84. The van der Waals surface area contributed by atoms with Gasteiger partial charge in [-0.15, -0.1) is 0 Å². The number of carbonyl (C=O) groups excluding carboxylic acids is 1. The highest BCUT2D eigenvalue weighted by Gasteiger charge is 2.86. The summed E-state index contributed by atoms with van der Waals surface area (Å²) in [5.41, 5.74) is -0.956. The van der Waals surface area contributed by atoms with E-state index in [0.717, 1.165) is 19.3 Å². The van der Waals surface area contributed by atoms with Crippen molar-refractivity contribution < 1.29 is 14.3 Å². The van der Waals surface area contributed by atoms with Gasteiger partial charge in [0.1, 0.15) is 11.2 Å². The average molecular weight is 192 g/mol. The van der Waals surface area contributed by atoms with Gasteiger partial charge in [-0.05, 0) is 25.0 Å². The first-order valence-corrected chi connectivity index (χ1v) is 5.33. The molecule has 2 saturated heterocycles. The van der Waals surface area contributed by atoms with Crippen molar-refractivity contribution in [2.24, 2.45) is 0 Å². The first kappa shape index (κ1) is 7.60. The molecule has 0 amide bonds. The maximum atomic E-state index is 11.8. The first-order chi connectivity index (χ1) is 6.75. The van der Waals surface area contributed by atoms with E-state index >= 15 is 0 Å². The summed E-state index contributed by atoms with van der Waals surface area (Å²) in [4.78, 5) is 11.8. The average Bonchev–Trinajstić information content (AvgIpc) is 3.05. The molecule has 0 radical (unpaired) electrons. The van der Waals surface area contributed by atoms with E-state index in [1.807, 2.05) is 6.08 Å². The molecule has 1 spiro atoms. The quantitative estimate of drug-likeness (QED) is 0.537. The molecule has 3 heteroatoms. The Morgan fingerprint density at radius 2 is 2.07 bits per heavy atom. The predicted octanol–water partition coefficient (Wildman–Crippen LogP) is 0.976.